The standard InChI is InChI=1S/C25H35N3O5S/c1-6-26-25(30)20(3)27(18-21-11-9-19(2)10-12-21)24(29)8-7-17-28(34(5,31)32)22-13-15-23(33-4)16-14-22/h9-16,20H,6-8,17-18H2,1-5H3,(H,26,30)/t20-/m1/s1. The second-order valence-electron chi connectivity index (χ2n) is 8.21. The molecule has 2 aromatic rings. The van der Waals surface area contributed by atoms with Crippen LogP contribution in [0.15, 0.2) is 48.5 Å². The fourth-order valence-corrected chi connectivity index (χ4v) is 4.51. The van der Waals surface area contributed by atoms with E-state index in [1.807, 2.05) is 38.1 Å². The molecule has 0 aliphatic rings. The third-order valence-corrected chi connectivity index (χ3v) is 6.70. The number of nitrogens with one attached hydrogen (secondary N) is 1. The predicted octanol–water partition coefficient (Wildman–Crippen LogP) is 3.10. The first-order valence-electron chi connectivity index (χ1n) is 11.3. The molecule has 0 aromatic heterocycles. The summed E-state index contributed by atoms with van der Waals surface area (Å²) >= 11 is 0. The van der Waals surface area contributed by atoms with Crippen LogP contribution in [0.2, 0.25) is 0 Å². The largest absolute Gasteiger partial charge is 0.497 e. The van der Waals surface area contributed by atoms with Gasteiger partial charge in [0.05, 0.1) is 19.1 Å². The lowest BCUT2D eigenvalue weighted by molar-refractivity contribution is -0.140. The monoisotopic (exact) mass is 489 g/mol. The number of aryl methyl sites for hydroxylation is 1. The number of likely N-dealkylation sites (N-methyl/N-ethyl adjacent to an activating group) is 1. The SMILES string of the molecule is CCNC(=O)[C@@H](C)N(Cc1ccc(C)cc1)C(=O)CCCN(c1ccc(OC)cc1)S(C)(=O)=O. The highest BCUT2D eigenvalue weighted by Gasteiger charge is 2.26. The van der Waals surface area contributed by atoms with Crippen molar-refractivity contribution in [2.45, 2.75) is 46.2 Å². The maximum Gasteiger partial charge on any atom is 0.242 e. The van der Waals surface area contributed by atoms with Crippen LogP contribution in [0.5, 0.6) is 5.75 Å². The van der Waals surface area contributed by atoms with Gasteiger partial charge in [0.25, 0.3) is 0 Å². The van der Waals surface area contributed by atoms with Crippen molar-refractivity contribution in [1.82, 2.24) is 10.2 Å². The summed E-state index contributed by atoms with van der Waals surface area (Å²) in [6.45, 7) is 6.44. The molecule has 0 fully saturated rings. The highest BCUT2D eigenvalue weighted by Crippen LogP contribution is 2.22. The molecule has 0 bridgehead atoms. The van der Waals surface area contributed by atoms with E-state index in [-0.39, 0.29) is 24.8 Å². The first kappa shape index (κ1) is 27.2. The number of carbonyl (C=O) groups excluding carboxylic acids is 2. The van der Waals surface area contributed by atoms with Crippen LogP contribution in [-0.4, -0.2) is 57.6 Å². The molecule has 0 aliphatic carbocycles. The minimum Gasteiger partial charge on any atom is -0.497 e. The summed E-state index contributed by atoms with van der Waals surface area (Å²) in [6, 6.07) is 13.9. The Morgan fingerprint density at radius 1 is 1.06 bits per heavy atom. The summed E-state index contributed by atoms with van der Waals surface area (Å²) in [4.78, 5) is 27.2. The van der Waals surface area contributed by atoms with Crippen molar-refractivity contribution in [3.63, 3.8) is 0 Å². The third kappa shape index (κ3) is 7.76. The molecule has 2 amide bonds. The molecule has 8 nitrogen and oxygen atoms in total. The number of nitrogens with zero attached hydrogens (tertiary/aromatic N) is 2. The number of sulfonamides is 1. The lowest BCUT2D eigenvalue weighted by Crippen LogP contribution is -2.47. The number of anilines is 1. The van der Waals surface area contributed by atoms with Crippen molar-refractivity contribution < 1.29 is 22.7 Å². The number of hydrogen-bond acceptors (Lipinski definition) is 5. The molecule has 0 saturated carbocycles. The van der Waals surface area contributed by atoms with Gasteiger partial charge in [0.15, 0.2) is 0 Å². The molecule has 0 aliphatic heterocycles. The number of benzene rings is 2. The molecule has 1 atom stereocenters. The summed E-state index contributed by atoms with van der Waals surface area (Å²) in [5.74, 6) is 0.194. The molecule has 9 heteroatoms. The van der Waals surface area contributed by atoms with Crippen molar-refractivity contribution in [2.75, 3.05) is 30.8 Å². The summed E-state index contributed by atoms with van der Waals surface area (Å²) in [5.41, 5.74) is 2.53. The van der Waals surface area contributed by atoms with Gasteiger partial charge in [-0.25, -0.2) is 8.42 Å². The molecule has 0 radical (unpaired) electrons. The number of amides is 2. The fraction of sp³-hybridized carbons (Fsp3) is 0.440. The van der Waals surface area contributed by atoms with E-state index in [1.165, 1.54) is 4.31 Å². The van der Waals surface area contributed by atoms with Gasteiger partial charge in [-0.05, 0) is 57.0 Å². The van der Waals surface area contributed by atoms with Gasteiger partial charge in [0.2, 0.25) is 21.8 Å². The van der Waals surface area contributed by atoms with Crippen LogP contribution in [0.4, 0.5) is 5.69 Å². The summed E-state index contributed by atoms with van der Waals surface area (Å²) < 4.78 is 31.2. The van der Waals surface area contributed by atoms with Crippen LogP contribution in [0.1, 0.15) is 37.8 Å². The Kier molecular flexibility index (Phi) is 9.92. The van der Waals surface area contributed by atoms with E-state index in [0.29, 0.717) is 30.9 Å². The van der Waals surface area contributed by atoms with Gasteiger partial charge in [-0.15, -0.1) is 0 Å². The van der Waals surface area contributed by atoms with Gasteiger partial charge in [0, 0.05) is 26.1 Å². The Hall–Kier alpha value is -3.07. The average molecular weight is 490 g/mol. The molecule has 0 heterocycles. The van der Waals surface area contributed by atoms with Crippen LogP contribution in [-0.2, 0) is 26.2 Å². The van der Waals surface area contributed by atoms with Crippen LogP contribution in [0, 0.1) is 6.92 Å². The fourth-order valence-electron chi connectivity index (χ4n) is 3.55. The van der Waals surface area contributed by atoms with Gasteiger partial charge >= 0.3 is 0 Å². The van der Waals surface area contributed by atoms with Crippen molar-refractivity contribution >= 4 is 27.5 Å². The number of hydrogen-bond donors (Lipinski definition) is 1. The minimum atomic E-state index is -3.54. The Morgan fingerprint density at radius 3 is 2.21 bits per heavy atom. The minimum absolute atomic E-state index is 0.109. The quantitative estimate of drug-likeness (QED) is 0.494. The van der Waals surface area contributed by atoms with Crippen LogP contribution < -0.4 is 14.4 Å². The van der Waals surface area contributed by atoms with E-state index in [0.717, 1.165) is 17.4 Å². The number of ether oxygens (including phenoxy) is 1. The molecule has 0 spiro atoms. The smallest absolute Gasteiger partial charge is 0.242 e. The highest BCUT2D eigenvalue weighted by molar-refractivity contribution is 7.92. The van der Waals surface area contributed by atoms with E-state index in [1.54, 1.807) is 43.2 Å². The van der Waals surface area contributed by atoms with Gasteiger partial charge in [-0.3, -0.25) is 13.9 Å². The topological polar surface area (TPSA) is 96.0 Å². The van der Waals surface area contributed by atoms with Gasteiger partial charge in [-0.2, -0.15) is 0 Å². The Morgan fingerprint density at radius 2 is 1.68 bits per heavy atom. The van der Waals surface area contributed by atoms with Crippen LogP contribution in [0.3, 0.4) is 0 Å². The summed E-state index contributed by atoms with van der Waals surface area (Å²) in [5, 5.41) is 2.77. The lowest BCUT2D eigenvalue weighted by Gasteiger charge is -2.29. The summed E-state index contributed by atoms with van der Waals surface area (Å²) in [7, 11) is -2.00. The maximum absolute atomic E-state index is 13.2. The highest BCUT2D eigenvalue weighted by atomic mass is 32.2. The average Bonchev–Trinajstić information content (AvgIpc) is 2.80. The van der Waals surface area contributed by atoms with E-state index in [9.17, 15) is 18.0 Å². The molecule has 0 saturated heterocycles. The van der Waals surface area contributed by atoms with Gasteiger partial charge in [0.1, 0.15) is 11.8 Å². The Bertz CT molecular complexity index is 1050. The zero-order chi connectivity index (χ0) is 25.3. The Balaban J connectivity index is 2.13. The van der Waals surface area contributed by atoms with Gasteiger partial charge < -0.3 is 15.0 Å². The predicted molar refractivity (Wildman–Crippen MR) is 134 cm³/mol. The van der Waals surface area contributed by atoms with Crippen molar-refractivity contribution in [3.8, 4) is 5.75 Å². The lowest BCUT2D eigenvalue weighted by atomic mass is 10.1. The molecule has 2 aromatic carbocycles. The second kappa shape index (κ2) is 12.4. The molecule has 1 N–H and O–H groups in total. The third-order valence-electron chi connectivity index (χ3n) is 5.50. The molecule has 186 valence electrons. The van der Waals surface area contributed by atoms with E-state index < -0.39 is 16.1 Å². The Labute approximate surface area is 202 Å². The van der Waals surface area contributed by atoms with Gasteiger partial charge in [-0.1, -0.05) is 29.8 Å². The van der Waals surface area contributed by atoms with Crippen molar-refractivity contribution in [1.29, 1.82) is 0 Å². The van der Waals surface area contributed by atoms with Crippen LogP contribution in [0.25, 0.3) is 0 Å². The number of methoxy groups -OCH3 is 1. The van der Waals surface area contributed by atoms with Crippen molar-refractivity contribution in [2.24, 2.45) is 0 Å². The molecule has 34 heavy (non-hydrogen) atoms. The molecule has 0 unspecified atom stereocenters. The molecule has 2 rings (SSSR count). The number of rotatable bonds is 12. The molecular formula is C25H35N3O5S. The zero-order valence-electron chi connectivity index (χ0n) is 20.6. The van der Waals surface area contributed by atoms with Crippen LogP contribution >= 0.6 is 0 Å². The first-order valence-corrected chi connectivity index (χ1v) is 13.2. The van der Waals surface area contributed by atoms with E-state index in [4.69, 9.17) is 4.74 Å². The first-order chi connectivity index (χ1) is 16.1. The van der Waals surface area contributed by atoms with E-state index >= 15 is 0 Å². The second-order valence-corrected chi connectivity index (χ2v) is 10.1. The number of carbonyl (C=O) groups is 2. The van der Waals surface area contributed by atoms with Crippen molar-refractivity contribution in [3.05, 3.63) is 59.7 Å². The summed E-state index contributed by atoms with van der Waals surface area (Å²) in [6.07, 6.45) is 1.56. The molecular weight excluding hydrogens is 454 g/mol. The maximum atomic E-state index is 13.2. The zero-order valence-corrected chi connectivity index (χ0v) is 21.4. The van der Waals surface area contributed by atoms with E-state index in [2.05, 4.69) is 5.32 Å². The normalized spacial score (nSPS) is 12.0.